The molecule has 0 radical (unpaired) electrons. The van der Waals surface area contributed by atoms with E-state index in [-0.39, 0.29) is 11.6 Å². The summed E-state index contributed by atoms with van der Waals surface area (Å²) in [6.45, 7) is 0.621. The Bertz CT molecular complexity index is 528. The first-order chi connectivity index (χ1) is 8.65. The summed E-state index contributed by atoms with van der Waals surface area (Å²) in [6.07, 6.45) is 2.35. The number of hydrogen-bond acceptors (Lipinski definition) is 3. The summed E-state index contributed by atoms with van der Waals surface area (Å²) >= 11 is 3.17. The molecule has 1 heterocycles. The summed E-state index contributed by atoms with van der Waals surface area (Å²) in [7, 11) is 0. The lowest BCUT2D eigenvalue weighted by atomic mass is 10.1. The van der Waals surface area contributed by atoms with E-state index in [9.17, 15) is 4.39 Å². The van der Waals surface area contributed by atoms with Crippen molar-refractivity contribution in [2.45, 2.75) is 6.42 Å². The van der Waals surface area contributed by atoms with Crippen LogP contribution in [0.4, 0.5) is 15.9 Å². The minimum Gasteiger partial charge on any atom is -0.399 e. The molecule has 2 aromatic rings. The van der Waals surface area contributed by atoms with Gasteiger partial charge in [0.1, 0.15) is 0 Å². The molecule has 0 aliphatic heterocycles. The van der Waals surface area contributed by atoms with Crippen molar-refractivity contribution in [3.63, 3.8) is 0 Å². The van der Waals surface area contributed by atoms with Gasteiger partial charge in [-0.2, -0.15) is 0 Å². The second-order valence-electron chi connectivity index (χ2n) is 3.90. The van der Waals surface area contributed by atoms with Crippen molar-refractivity contribution in [1.29, 1.82) is 0 Å². The van der Waals surface area contributed by atoms with Crippen LogP contribution in [-0.4, -0.2) is 11.5 Å². The average Bonchev–Trinajstić information content (AvgIpc) is 2.34. The van der Waals surface area contributed by atoms with Crippen molar-refractivity contribution in [2.24, 2.45) is 0 Å². The van der Waals surface area contributed by atoms with Crippen LogP contribution in [0, 0.1) is 5.82 Å². The maximum atomic E-state index is 13.5. The lowest BCUT2D eigenvalue weighted by molar-refractivity contribution is 0.623. The molecule has 5 heteroatoms. The smallest absolute Gasteiger partial charge is 0.166 e. The summed E-state index contributed by atoms with van der Waals surface area (Å²) in [6, 6.07) is 9.02. The third-order valence-electron chi connectivity index (χ3n) is 2.49. The summed E-state index contributed by atoms with van der Waals surface area (Å²) in [5.41, 5.74) is 7.49. The molecule has 94 valence electrons. The standard InChI is InChI=1S/C13H13BrFN3/c14-10-7-12(15)13(18-8-10)17-6-5-9-1-3-11(16)4-2-9/h1-4,7-8H,5-6,16H2,(H,17,18). The Morgan fingerprint density at radius 2 is 2.00 bits per heavy atom. The number of benzene rings is 1. The molecule has 0 unspecified atom stereocenters. The first-order valence-electron chi connectivity index (χ1n) is 5.54. The number of nitrogen functional groups attached to an aromatic ring is 1. The van der Waals surface area contributed by atoms with Crippen molar-refractivity contribution >= 4 is 27.4 Å². The van der Waals surface area contributed by atoms with Crippen LogP contribution in [0.5, 0.6) is 0 Å². The van der Waals surface area contributed by atoms with Gasteiger partial charge in [0.05, 0.1) is 0 Å². The zero-order valence-corrected chi connectivity index (χ0v) is 11.2. The Labute approximate surface area is 113 Å². The van der Waals surface area contributed by atoms with E-state index in [1.54, 1.807) is 6.20 Å². The van der Waals surface area contributed by atoms with E-state index in [0.29, 0.717) is 11.0 Å². The first-order valence-corrected chi connectivity index (χ1v) is 6.34. The van der Waals surface area contributed by atoms with Gasteiger partial charge >= 0.3 is 0 Å². The maximum absolute atomic E-state index is 13.5. The molecule has 1 aromatic heterocycles. The van der Waals surface area contributed by atoms with Crippen LogP contribution >= 0.6 is 15.9 Å². The highest BCUT2D eigenvalue weighted by molar-refractivity contribution is 9.10. The van der Waals surface area contributed by atoms with Crippen molar-refractivity contribution in [3.8, 4) is 0 Å². The van der Waals surface area contributed by atoms with E-state index in [1.807, 2.05) is 24.3 Å². The van der Waals surface area contributed by atoms with Crippen LogP contribution in [0.3, 0.4) is 0 Å². The van der Waals surface area contributed by atoms with E-state index in [2.05, 4.69) is 26.2 Å². The molecule has 0 saturated carbocycles. The third kappa shape index (κ3) is 3.43. The molecule has 3 N–H and O–H groups in total. The van der Waals surface area contributed by atoms with Crippen LogP contribution in [-0.2, 0) is 6.42 Å². The lowest BCUT2D eigenvalue weighted by Gasteiger charge is -2.07. The van der Waals surface area contributed by atoms with Gasteiger partial charge in [0.2, 0.25) is 0 Å². The maximum Gasteiger partial charge on any atom is 0.166 e. The number of hydrogen-bond donors (Lipinski definition) is 2. The SMILES string of the molecule is Nc1ccc(CCNc2ncc(Br)cc2F)cc1. The van der Waals surface area contributed by atoms with Crippen LogP contribution in [0.25, 0.3) is 0 Å². The third-order valence-corrected chi connectivity index (χ3v) is 2.93. The van der Waals surface area contributed by atoms with Gasteiger partial charge < -0.3 is 11.1 Å². The van der Waals surface area contributed by atoms with Crippen LogP contribution in [0.15, 0.2) is 41.0 Å². The number of nitrogens with one attached hydrogen (secondary N) is 1. The topological polar surface area (TPSA) is 50.9 Å². The van der Waals surface area contributed by atoms with Gasteiger partial charge in [-0.05, 0) is 46.1 Å². The first kappa shape index (κ1) is 12.8. The Morgan fingerprint density at radius 3 is 2.67 bits per heavy atom. The van der Waals surface area contributed by atoms with Crippen molar-refractivity contribution in [2.75, 3.05) is 17.6 Å². The molecular weight excluding hydrogens is 297 g/mol. The molecule has 2 rings (SSSR count). The predicted molar refractivity (Wildman–Crippen MR) is 74.9 cm³/mol. The largest absolute Gasteiger partial charge is 0.399 e. The van der Waals surface area contributed by atoms with E-state index >= 15 is 0 Å². The monoisotopic (exact) mass is 309 g/mol. The van der Waals surface area contributed by atoms with Gasteiger partial charge in [-0.25, -0.2) is 9.37 Å². The van der Waals surface area contributed by atoms with Gasteiger partial charge in [-0.1, -0.05) is 12.1 Å². The normalized spacial score (nSPS) is 10.3. The molecule has 0 atom stereocenters. The molecule has 0 saturated heterocycles. The van der Waals surface area contributed by atoms with Gasteiger partial charge in [0.15, 0.2) is 11.6 Å². The highest BCUT2D eigenvalue weighted by Gasteiger charge is 2.03. The Balaban J connectivity index is 1.90. The number of rotatable bonds is 4. The van der Waals surface area contributed by atoms with Crippen LogP contribution in [0.2, 0.25) is 0 Å². The number of anilines is 2. The van der Waals surface area contributed by atoms with E-state index in [1.165, 1.54) is 6.07 Å². The molecule has 3 nitrogen and oxygen atoms in total. The van der Waals surface area contributed by atoms with Gasteiger partial charge in [0, 0.05) is 22.9 Å². The zero-order valence-electron chi connectivity index (χ0n) is 9.66. The second-order valence-corrected chi connectivity index (χ2v) is 4.82. The number of aromatic nitrogens is 1. The fourth-order valence-electron chi connectivity index (χ4n) is 1.55. The van der Waals surface area contributed by atoms with Gasteiger partial charge in [-0.3, -0.25) is 0 Å². The van der Waals surface area contributed by atoms with E-state index in [0.717, 1.165) is 17.7 Å². The second kappa shape index (κ2) is 5.82. The van der Waals surface area contributed by atoms with Crippen molar-refractivity contribution < 1.29 is 4.39 Å². The van der Waals surface area contributed by atoms with Gasteiger partial charge in [-0.15, -0.1) is 0 Å². The Morgan fingerprint density at radius 1 is 1.28 bits per heavy atom. The average molecular weight is 310 g/mol. The molecule has 0 aliphatic rings. The number of nitrogens with zero attached hydrogens (tertiary/aromatic N) is 1. The highest BCUT2D eigenvalue weighted by Crippen LogP contribution is 2.16. The molecule has 18 heavy (non-hydrogen) atoms. The summed E-state index contributed by atoms with van der Waals surface area (Å²) < 4.78 is 14.1. The quantitative estimate of drug-likeness (QED) is 0.853. The Hall–Kier alpha value is -1.62. The molecule has 1 aromatic carbocycles. The van der Waals surface area contributed by atoms with Crippen LogP contribution in [0.1, 0.15) is 5.56 Å². The molecule has 0 aliphatic carbocycles. The van der Waals surface area contributed by atoms with E-state index in [4.69, 9.17) is 5.73 Å². The van der Waals surface area contributed by atoms with Crippen molar-refractivity contribution in [3.05, 3.63) is 52.4 Å². The summed E-state index contributed by atoms with van der Waals surface area (Å²) in [4.78, 5) is 3.97. The fourth-order valence-corrected chi connectivity index (χ4v) is 1.86. The predicted octanol–water partition coefficient (Wildman–Crippen LogP) is 3.22. The van der Waals surface area contributed by atoms with Crippen LogP contribution < -0.4 is 11.1 Å². The zero-order chi connectivity index (χ0) is 13.0. The molecule has 0 bridgehead atoms. The van der Waals surface area contributed by atoms with E-state index < -0.39 is 0 Å². The summed E-state index contributed by atoms with van der Waals surface area (Å²) in [5.74, 6) is -0.0877. The highest BCUT2D eigenvalue weighted by atomic mass is 79.9. The minimum atomic E-state index is -0.360. The number of pyridine rings is 1. The lowest BCUT2D eigenvalue weighted by Crippen LogP contribution is -2.08. The van der Waals surface area contributed by atoms with Crippen molar-refractivity contribution in [1.82, 2.24) is 4.98 Å². The number of halogens is 2. The Kier molecular flexibility index (Phi) is 4.15. The molecule has 0 spiro atoms. The fraction of sp³-hybridized carbons (Fsp3) is 0.154. The minimum absolute atomic E-state index is 0.272. The molecule has 0 fully saturated rings. The van der Waals surface area contributed by atoms with Gasteiger partial charge in [0.25, 0.3) is 0 Å². The molecule has 0 amide bonds. The number of nitrogens with two attached hydrogens (primary N) is 1. The summed E-state index contributed by atoms with van der Waals surface area (Å²) in [5, 5.41) is 2.97. The molecular formula is C13H13BrFN3.